The fourth-order valence-electron chi connectivity index (χ4n) is 4.98. The van der Waals surface area contributed by atoms with Crippen molar-refractivity contribution in [3.63, 3.8) is 0 Å². The Morgan fingerprint density at radius 1 is 0.902 bits per heavy atom. The smallest absolute Gasteiger partial charge is 0.264 e. The van der Waals surface area contributed by atoms with E-state index < -0.39 is 28.5 Å². The molecule has 218 valence electrons. The molecule has 1 saturated carbocycles. The Bertz CT molecular complexity index is 1430. The number of methoxy groups -OCH3 is 2. The van der Waals surface area contributed by atoms with Crippen LogP contribution in [0.3, 0.4) is 0 Å². The van der Waals surface area contributed by atoms with Crippen LogP contribution in [0.4, 0.5) is 5.69 Å². The summed E-state index contributed by atoms with van der Waals surface area (Å²) in [4.78, 5) is 28.8. The quantitative estimate of drug-likeness (QED) is 0.342. The maximum absolute atomic E-state index is 14.1. The van der Waals surface area contributed by atoms with Crippen molar-refractivity contribution in [2.45, 2.75) is 56.1 Å². The minimum absolute atomic E-state index is 0.0317. The van der Waals surface area contributed by atoms with E-state index in [1.54, 1.807) is 37.3 Å². The molecule has 0 aromatic heterocycles. The van der Waals surface area contributed by atoms with E-state index >= 15 is 0 Å². The second-order valence-corrected chi connectivity index (χ2v) is 11.9. The lowest BCUT2D eigenvalue weighted by atomic mass is 10.1. The van der Waals surface area contributed by atoms with Crippen molar-refractivity contribution in [1.82, 2.24) is 10.2 Å². The van der Waals surface area contributed by atoms with Crippen LogP contribution < -0.4 is 19.1 Å². The summed E-state index contributed by atoms with van der Waals surface area (Å²) in [5.41, 5.74) is 1.05. The molecule has 1 fully saturated rings. The Hall–Kier alpha value is -4.05. The van der Waals surface area contributed by atoms with E-state index in [4.69, 9.17) is 9.47 Å². The van der Waals surface area contributed by atoms with Gasteiger partial charge >= 0.3 is 0 Å². The number of amides is 2. The number of carbonyl (C=O) groups is 2. The lowest BCUT2D eigenvalue weighted by Gasteiger charge is -2.32. The van der Waals surface area contributed by atoms with Crippen molar-refractivity contribution < 1.29 is 27.5 Å². The molecule has 10 heteroatoms. The van der Waals surface area contributed by atoms with Crippen molar-refractivity contribution in [2.24, 2.45) is 0 Å². The van der Waals surface area contributed by atoms with Crippen LogP contribution in [-0.4, -0.2) is 58.0 Å². The van der Waals surface area contributed by atoms with Gasteiger partial charge in [-0.05, 0) is 49.6 Å². The summed E-state index contributed by atoms with van der Waals surface area (Å²) < 4.78 is 39.7. The standard InChI is InChI=1S/C31H37N3O6S/c1-23(31(36)32-25-14-10-11-15-25)33(21-24-12-6-4-7-13-24)30(35)22-34(41(37,38)27-16-8-5-9-17-27)26-18-19-28(39-2)29(20-26)40-3/h4-9,12-13,16-20,23,25H,10-11,14-15,21-22H2,1-3H3,(H,32,36). The van der Waals surface area contributed by atoms with Gasteiger partial charge in [0, 0.05) is 18.7 Å². The maximum atomic E-state index is 14.1. The summed E-state index contributed by atoms with van der Waals surface area (Å²) in [5, 5.41) is 3.07. The minimum atomic E-state index is -4.18. The third-order valence-corrected chi connectivity index (χ3v) is 9.12. The number of ether oxygens (including phenoxy) is 2. The summed E-state index contributed by atoms with van der Waals surface area (Å²) in [6, 6.07) is 21.2. The van der Waals surface area contributed by atoms with Crippen LogP contribution in [0.5, 0.6) is 11.5 Å². The number of nitrogens with zero attached hydrogens (tertiary/aromatic N) is 2. The lowest BCUT2D eigenvalue weighted by Crippen LogP contribution is -2.52. The highest BCUT2D eigenvalue weighted by Gasteiger charge is 2.33. The van der Waals surface area contributed by atoms with Crippen molar-refractivity contribution >= 4 is 27.5 Å². The first-order chi connectivity index (χ1) is 19.7. The Morgan fingerprint density at radius 2 is 1.51 bits per heavy atom. The highest BCUT2D eigenvalue weighted by molar-refractivity contribution is 7.92. The molecule has 0 aliphatic heterocycles. The molecule has 0 saturated heterocycles. The van der Waals surface area contributed by atoms with Gasteiger partial charge in [0.25, 0.3) is 10.0 Å². The fraction of sp³-hybridized carbons (Fsp3) is 0.355. The molecule has 41 heavy (non-hydrogen) atoms. The molecule has 3 aromatic carbocycles. The van der Waals surface area contributed by atoms with Gasteiger partial charge in [-0.1, -0.05) is 61.4 Å². The van der Waals surface area contributed by atoms with E-state index in [-0.39, 0.29) is 29.1 Å². The van der Waals surface area contributed by atoms with Crippen LogP contribution in [0.1, 0.15) is 38.2 Å². The molecule has 4 rings (SSSR count). The van der Waals surface area contributed by atoms with E-state index in [0.29, 0.717) is 11.5 Å². The normalized spacial score (nSPS) is 14.2. The zero-order valence-electron chi connectivity index (χ0n) is 23.7. The molecular weight excluding hydrogens is 542 g/mol. The summed E-state index contributed by atoms with van der Waals surface area (Å²) in [7, 11) is -1.24. The second kappa shape index (κ2) is 13.5. The zero-order chi connectivity index (χ0) is 29.4. The van der Waals surface area contributed by atoms with E-state index in [1.165, 1.54) is 37.3 Å². The number of benzene rings is 3. The highest BCUT2D eigenvalue weighted by Crippen LogP contribution is 2.34. The Kier molecular flexibility index (Phi) is 9.88. The number of hydrogen-bond donors (Lipinski definition) is 1. The Labute approximate surface area is 242 Å². The first-order valence-corrected chi connectivity index (χ1v) is 15.1. The van der Waals surface area contributed by atoms with Crippen LogP contribution in [-0.2, 0) is 26.2 Å². The SMILES string of the molecule is COc1ccc(N(CC(=O)N(Cc2ccccc2)C(C)C(=O)NC2CCCC2)S(=O)(=O)c2ccccc2)cc1OC. The Balaban J connectivity index is 1.71. The van der Waals surface area contributed by atoms with Gasteiger partial charge in [0.2, 0.25) is 11.8 Å². The lowest BCUT2D eigenvalue weighted by molar-refractivity contribution is -0.139. The van der Waals surface area contributed by atoms with E-state index in [1.807, 2.05) is 30.3 Å². The summed E-state index contributed by atoms with van der Waals surface area (Å²) >= 11 is 0. The van der Waals surface area contributed by atoms with Crippen molar-refractivity contribution in [1.29, 1.82) is 0 Å². The maximum Gasteiger partial charge on any atom is 0.264 e. The first-order valence-electron chi connectivity index (χ1n) is 13.7. The highest BCUT2D eigenvalue weighted by atomic mass is 32.2. The van der Waals surface area contributed by atoms with Gasteiger partial charge in [0.1, 0.15) is 12.6 Å². The summed E-state index contributed by atoms with van der Waals surface area (Å²) in [5.74, 6) is -0.0410. The Morgan fingerprint density at radius 3 is 2.12 bits per heavy atom. The van der Waals surface area contributed by atoms with Crippen LogP contribution in [0.15, 0.2) is 83.8 Å². The molecule has 2 amide bonds. The topological polar surface area (TPSA) is 105 Å². The molecule has 0 spiro atoms. The summed E-state index contributed by atoms with van der Waals surface area (Å²) in [6.07, 6.45) is 3.94. The van der Waals surface area contributed by atoms with Gasteiger partial charge in [-0.25, -0.2) is 8.42 Å². The average molecular weight is 580 g/mol. The molecule has 0 bridgehead atoms. The minimum Gasteiger partial charge on any atom is -0.493 e. The molecule has 0 radical (unpaired) electrons. The predicted octanol–water partition coefficient (Wildman–Crippen LogP) is 4.38. The number of hydrogen-bond acceptors (Lipinski definition) is 6. The molecule has 1 aliphatic carbocycles. The molecule has 1 aliphatic rings. The largest absolute Gasteiger partial charge is 0.493 e. The summed E-state index contributed by atoms with van der Waals surface area (Å²) in [6.45, 7) is 1.29. The van der Waals surface area contributed by atoms with Gasteiger partial charge in [-0.3, -0.25) is 13.9 Å². The van der Waals surface area contributed by atoms with E-state index in [2.05, 4.69) is 5.32 Å². The van der Waals surface area contributed by atoms with Crippen LogP contribution in [0.2, 0.25) is 0 Å². The van der Waals surface area contributed by atoms with Gasteiger partial charge in [-0.2, -0.15) is 0 Å². The second-order valence-electron chi connectivity index (χ2n) is 10.0. The third-order valence-electron chi connectivity index (χ3n) is 7.33. The fourth-order valence-corrected chi connectivity index (χ4v) is 6.41. The third kappa shape index (κ3) is 7.18. The van der Waals surface area contributed by atoms with Crippen LogP contribution in [0.25, 0.3) is 0 Å². The predicted molar refractivity (Wildman–Crippen MR) is 157 cm³/mol. The van der Waals surface area contributed by atoms with Crippen LogP contribution >= 0.6 is 0 Å². The van der Waals surface area contributed by atoms with E-state index in [0.717, 1.165) is 35.6 Å². The van der Waals surface area contributed by atoms with Gasteiger partial charge in [-0.15, -0.1) is 0 Å². The molecular formula is C31H37N3O6S. The number of sulfonamides is 1. The van der Waals surface area contributed by atoms with Crippen molar-refractivity contribution in [3.05, 3.63) is 84.4 Å². The molecule has 1 N–H and O–H groups in total. The molecule has 3 aromatic rings. The number of carbonyl (C=O) groups excluding carboxylic acids is 2. The van der Waals surface area contributed by atoms with E-state index in [9.17, 15) is 18.0 Å². The van der Waals surface area contributed by atoms with Gasteiger partial charge in [0.05, 0.1) is 24.8 Å². The molecule has 9 nitrogen and oxygen atoms in total. The monoisotopic (exact) mass is 579 g/mol. The molecule has 0 heterocycles. The average Bonchev–Trinajstić information content (AvgIpc) is 3.51. The first kappa shape index (κ1) is 29.9. The number of rotatable bonds is 12. The zero-order valence-corrected chi connectivity index (χ0v) is 24.5. The van der Waals surface area contributed by atoms with Crippen LogP contribution in [0, 0.1) is 0 Å². The number of nitrogens with one attached hydrogen (secondary N) is 1. The molecule has 1 unspecified atom stereocenters. The van der Waals surface area contributed by atoms with Gasteiger partial charge in [0.15, 0.2) is 11.5 Å². The number of anilines is 1. The molecule has 1 atom stereocenters. The van der Waals surface area contributed by atoms with Gasteiger partial charge < -0.3 is 19.7 Å². The van der Waals surface area contributed by atoms with Crippen molar-refractivity contribution in [3.8, 4) is 11.5 Å². The van der Waals surface area contributed by atoms with Crippen molar-refractivity contribution in [2.75, 3.05) is 25.1 Å².